The quantitative estimate of drug-likeness (QED) is 0.409. The number of thiazole rings is 1. The van der Waals surface area contributed by atoms with Crippen molar-refractivity contribution in [2.45, 2.75) is 33.6 Å². The highest BCUT2D eigenvalue weighted by Gasteiger charge is 2.27. The first-order chi connectivity index (χ1) is 16.3. The topological polar surface area (TPSA) is 92.6 Å². The first-order valence-electron chi connectivity index (χ1n) is 10.8. The molecule has 2 aromatic heterocycles. The normalized spacial score (nSPS) is 10.9. The number of hydrogen-bond donors (Lipinski definition) is 2. The van der Waals surface area contributed by atoms with Crippen molar-refractivity contribution in [3.8, 4) is 0 Å². The predicted molar refractivity (Wildman–Crippen MR) is 132 cm³/mol. The summed E-state index contributed by atoms with van der Waals surface area (Å²) in [6.45, 7) is 5.78. The zero-order valence-electron chi connectivity index (χ0n) is 18.9. The number of hydrogen-bond acceptors (Lipinski definition) is 5. The van der Waals surface area contributed by atoms with Crippen molar-refractivity contribution in [1.29, 1.82) is 0 Å². The van der Waals surface area contributed by atoms with Crippen LogP contribution in [0, 0.1) is 19.7 Å². The molecule has 0 bridgehead atoms. The number of amides is 2. The van der Waals surface area contributed by atoms with Gasteiger partial charge in [-0.1, -0.05) is 42.4 Å². The fourth-order valence-electron chi connectivity index (χ4n) is 3.62. The van der Waals surface area contributed by atoms with Crippen LogP contribution >= 0.6 is 11.3 Å². The molecule has 2 N–H and O–H groups in total. The van der Waals surface area contributed by atoms with Crippen molar-refractivity contribution in [2.24, 2.45) is 0 Å². The Hall–Kier alpha value is -3.85. The van der Waals surface area contributed by atoms with Gasteiger partial charge in [0.1, 0.15) is 16.4 Å². The van der Waals surface area contributed by atoms with E-state index in [-0.39, 0.29) is 15.5 Å². The maximum absolute atomic E-state index is 13.4. The van der Waals surface area contributed by atoms with E-state index in [0.717, 1.165) is 28.9 Å². The summed E-state index contributed by atoms with van der Waals surface area (Å²) in [6.07, 6.45) is 1.40. The van der Waals surface area contributed by atoms with E-state index >= 15 is 0 Å². The summed E-state index contributed by atoms with van der Waals surface area (Å²) in [5.74, 6) is -1.63. The van der Waals surface area contributed by atoms with E-state index in [1.54, 1.807) is 6.07 Å². The number of aromatic nitrogens is 2. The number of anilines is 2. The van der Waals surface area contributed by atoms with Crippen molar-refractivity contribution >= 4 is 39.5 Å². The Morgan fingerprint density at radius 3 is 2.44 bits per heavy atom. The van der Waals surface area contributed by atoms with E-state index < -0.39 is 23.2 Å². The average Bonchev–Trinajstić information content (AvgIpc) is 3.18. The molecule has 2 aromatic carbocycles. The second-order valence-electron chi connectivity index (χ2n) is 7.97. The van der Waals surface area contributed by atoms with Crippen molar-refractivity contribution in [3.05, 3.63) is 92.1 Å². The van der Waals surface area contributed by atoms with E-state index in [0.29, 0.717) is 23.5 Å². The van der Waals surface area contributed by atoms with Gasteiger partial charge >= 0.3 is 0 Å². The lowest BCUT2D eigenvalue weighted by Crippen LogP contribution is -2.25. The van der Waals surface area contributed by atoms with E-state index in [2.05, 4.69) is 15.6 Å². The zero-order valence-corrected chi connectivity index (χ0v) is 19.8. The summed E-state index contributed by atoms with van der Waals surface area (Å²) in [5.41, 5.74) is 2.89. The van der Waals surface area contributed by atoms with Crippen molar-refractivity contribution in [1.82, 2.24) is 9.38 Å². The van der Waals surface area contributed by atoms with Gasteiger partial charge in [-0.2, -0.15) is 0 Å². The Labute approximate surface area is 199 Å². The molecule has 0 aliphatic rings. The van der Waals surface area contributed by atoms with Gasteiger partial charge in [0.15, 0.2) is 4.96 Å². The summed E-state index contributed by atoms with van der Waals surface area (Å²) in [4.78, 5) is 44.3. The van der Waals surface area contributed by atoms with Crippen molar-refractivity contribution in [3.63, 3.8) is 0 Å². The smallest absolute Gasteiger partial charge is 0.274 e. The van der Waals surface area contributed by atoms with Gasteiger partial charge in [0.2, 0.25) is 0 Å². The van der Waals surface area contributed by atoms with Crippen LogP contribution in [0.3, 0.4) is 0 Å². The monoisotopic (exact) mass is 478 g/mol. The number of benzene rings is 2. The minimum atomic E-state index is -0.602. The average molecular weight is 479 g/mol. The van der Waals surface area contributed by atoms with Crippen molar-refractivity contribution < 1.29 is 14.0 Å². The fourth-order valence-corrected chi connectivity index (χ4v) is 4.66. The van der Waals surface area contributed by atoms with Crippen molar-refractivity contribution in [2.75, 3.05) is 10.6 Å². The van der Waals surface area contributed by atoms with Crippen LogP contribution in [0.25, 0.3) is 4.96 Å². The summed E-state index contributed by atoms with van der Waals surface area (Å²) in [5, 5.41) is 5.48. The van der Waals surface area contributed by atoms with Crippen LogP contribution in [0.5, 0.6) is 0 Å². The molecule has 0 radical (unpaired) electrons. The highest BCUT2D eigenvalue weighted by molar-refractivity contribution is 7.19. The van der Waals surface area contributed by atoms with Crippen LogP contribution in [0.4, 0.5) is 15.8 Å². The third-order valence-electron chi connectivity index (χ3n) is 5.23. The van der Waals surface area contributed by atoms with Crippen LogP contribution in [0.1, 0.15) is 50.3 Å². The SMILES string of the molecule is CCCc1cc(=O)n2c(C(=O)Nc3ccc(C)cc3C)c(C(=O)Nc3ccc(F)cc3)sc2n1. The van der Waals surface area contributed by atoms with Gasteiger partial charge < -0.3 is 10.6 Å². The number of fused-ring (bicyclic) bond motifs is 1. The molecule has 4 rings (SSSR count). The highest BCUT2D eigenvalue weighted by Crippen LogP contribution is 2.25. The fraction of sp³-hybridized carbons (Fsp3) is 0.200. The minimum Gasteiger partial charge on any atom is -0.321 e. The van der Waals surface area contributed by atoms with E-state index in [1.165, 1.54) is 34.7 Å². The number of nitrogens with zero attached hydrogens (tertiary/aromatic N) is 2. The van der Waals surface area contributed by atoms with Gasteiger partial charge in [0.05, 0.1) is 0 Å². The minimum absolute atomic E-state index is 0.0323. The van der Waals surface area contributed by atoms with E-state index in [9.17, 15) is 18.8 Å². The predicted octanol–water partition coefficient (Wildman–Crippen LogP) is 4.97. The molecular weight excluding hydrogens is 455 g/mol. The summed E-state index contributed by atoms with van der Waals surface area (Å²) < 4.78 is 14.4. The first-order valence-corrected chi connectivity index (χ1v) is 11.6. The highest BCUT2D eigenvalue weighted by atomic mass is 32.1. The number of aryl methyl sites for hydroxylation is 3. The molecule has 2 heterocycles. The molecule has 0 fully saturated rings. The van der Waals surface area contributed by atoms with Gasteiger partial charge in [-0.25, -0.2) is 13.8 Å². The standard InChI is InChI=1S/C25H23FN4O3S/c1-4-5-18-13-20(31)30-21(23(32)29-19-11-6-14(2)12-15(19)3)22(34-25(30)28-18)24(33)27-17-9-7-16(26)8-10-17/h6-13H,4-5H2,1-3H3,(H,27,33)(H,29,32). The number of carbonyl (C=O) groups excluding carboxylic acids is 2. The molecule has 7 nitrogen and oxygen atoms in total. The number of nitrogens with one attached hydrogen (secondary N) is 2. The number of halogens is 1. The third kappa shape index (κ3) is 4.74. The van der Waals surface area contributed by atoms with Crippen LogP contribution in [-0.2, 0) is 6.42 Å². The van der Waals surface area contributed by atoms with Gasteiger partial charge in [-0.05, 0) is 56.2 Å². The Kier molecular flexibility index (Phi) is 6.56. The summed E-state index contributed by atoms with van der Waals surface area (Å²) in [7, 11) is 0. The molecule has 9 heteroatoms. The molecule has 0 saturated carbocycles. The largest absolute Gasteiger partial charge is 0.321 e. The summed E-state index contributed by atoms with van der Waals surface area (Å²) in [6, 6.07) is 12.2. The van der Waals surface area contributed by atoms with E-state index in [4.69, 9.17) is 0 Å². The Bertz CT molecular complexity index is 1460. The summed E-state index contributed by atoms with van der Waals surface area (Å²) >= 11 is 0.959. The van der Waals surface area contributed by atoms with Crippen LogP contribution in [0.2, 0.25) is 0 Å². The molecule has 0 spiro atoms. The van der Waals surface area contributed by atoms with Crippen LogP contribution in [0.15, 0.2) is 53.3 Å². The Morgan fingerprint density at radius 2 is 1.76 bits per heavy atom. The molecular formula is C25H23FN4O3S. The molecule has 0 atom stereocenters. The maximum Gasteiger partial charge on any atom is 0.274 e. The molecule has 174 valence electrons. The molecule has 4 aromatic rings. The third-order valence-corrected chi connectivity index (χ3v) is 6.27. The molecule has 2 amide bonds. The maximum atomic E-state index is 13.4. The lowest BCUT2D eigenvalue weighted by atomic mass is 10.1. The van der Waals surface area contributed by atoms with Crippen LogP contribution < -0.4 is 16.2 Å². The Morgan fingerprint density at radius 1 is 1.03 bits per heavy atom. The zero-order chi connectivity index (χ0) is 24.4. The van der Waals surface area contributed by atoms with Gasteiger partial charge in [-0.3, -0.25) is 14.4 Å². The lowest BCUT2D eigenvalue weighted by Gasteiger charge is -2.11. The molecule has 0 saturated heterocycles. The molecule has 34 heavy (non-hydrogen) atoms. The van der Waals surface area contributed by atoms with Gasteiger partial charge in [0, 0.05) is 23.1 Å². The molecule has 0 aliphatic heterocycles. The number of carbonyl (C=O) groups is 2. The molecule has 0 aliphatic carbocycles. The first kappa shape index (κ1) is 23.3. The lowest BCUT2D eigenvalue weighted by molar-refractivity contribution is 0.0989. The Balaban J connectivity index is 1.81. The second kappa shape index (κ2) is 9.56. The van der Waals surface area contributed by atoms with Gasteiger partial charge in [0.25, 0.3) is 17.4 Å². The molecule has 0 unspecified atom stereocenters. The van der Waals surface area contributed by atoms with Crippen LogP contribution in [-0.4, -0.2) is 21.2 Å². The van der Waals surface area contributed by atoms with E-state index in [1.807, 2.05) is 32.9 Å². The number of rotatable bonds is 6. The van der Waals surface area contributed by atoms with Gasteiger partial charge in [-0.15, -0.1) is 0 Å². The second-order valence-corrected chi connectivity index (χ2v) is 8.94.